The SMILES string of the molecule is C=Cc1c(C=C)c(C=C)n([B]c2nc3ccccc3s2)c1C=C. The van der Waals surface area contributed by atoms with Crippen LogP contribution in [-0.4, -0.2) is 16.9 Å². The summed E-state index contributed by atoms with van der Waals surface area (Å²) in [6.45, 7) is 15.7. The van der Waals surface area contributed by atoms with E-state index in [2.05, 4.69) is 37.4 Å². The first kappa shape index (κ1) is 15.3. The molecule has 4 heteroatoms. The van der Waals surface area contributed by atoms with Crippen LogP contribution in [0.2, 0.25) is 0 Å². The molecule has 0 aliphatic rings. The lowest BCUT2D eigenvalue weighted by Crippen LogP contribution is -2.23. The Kier molecular flexibility index (Phi) is 4.17. The van der Waals surface area contributed by atoms with Crippen LogP contribution in [-0.2, 0) is 0 Å². The number of fused-ring (bicyclic) bond motifs is 1. The summed E-state index contributed by atoms with van der Waals surface area (Å²) in [6.07, 6.45) is 7.29. The van der Waals surface area contributed by atoms with Crippen LogP contribution in [0.4, 0.5) is 0 Å². The minimum Gasteiger partial charge on any atom is -0.382 e. The first-order valence-corrected chi connectivity index (χ1v) is 8.03. The Labute approximate surface area is 141 Å². The fraction of sp³-hybridized carbons (Fsp3) is 0. The summed E-state index contributed by atoms with van der Waals surface area (Å²) in [4.78, 5) is 5.60. The quantitative estimate of drug-likeness (QED) is 0.614. The van der Waals surface area contributed by atoms with E-state index in [-0.39, 0.29) is 0 Å². The van der Waals surface area contributed by atoms with Crippen molar-refractivity contribution in [2.45, 2.75) is 0 Å². The minimum atomic E-state index is 0.929. The number of benzene rings is 1. The van der Waals surface area contributed by atoms with Gasteiger partial charge >= 0.3 is 7.41 Å². The summed E-state index contributed by atoms with van der Waals surface area (Å²) < 4.78 is 3.21. The maximum atomic E-state index is 4.67. The van der Waals surface area contributed by atoms with Crippen molar-refractivity contribution in [3.8, 4) is 0 Å². The summed E-state index contributed by atoms with van der Waals surface area (Å²) in [5, 5.41) is 0. The number of hydrogen-bond acceptors (Lipinski definition) is 2. The highest BCUT2D eigenvalue weighted by Crippen LogP contribution is 2.27. The number of hydrogen-bond donors (Lipinski definition) is 0. The van der Waals surface area contributed by atoms with Crippen molar-refractivity contribution in [2.75, 3.05) is 0 Å². The van der Waals surface area contributed by atoms with Gasteiger partial charge in [0.1, 0.15) is 0 Å². The second-order valence-corrected chi connectivity index (χ2v) is 6.00. The van der Waals surface area contributed by atoms with Crippen LogP contribution in [0, 0.1) is 0 Å². The third kappa shape index (κ3) is 2.51. The van der Waals surface area contributed by atoms with Crippen molar-refractivity contribution in [2.24, 2.45) is 0 Å². The van der Waals surface area contributed by atoms with E-state index in [4.69, 9.17) is 0 Å². The predicted octanol–water partition coefficient (Wildman–Crippen LogP) is 4.46. The molecule has 111 valence electrons. The lowest BCUT2D eigenvalue weighted by Gasteiger charge is -2.06. The molecule has 0 fully saturated rings. The van der Waals surface area contributed by atoms with E-state index in [1.807, 2.05) is 54.4 Å². The molecule has 0 atom stereocenters. The van der Waals surface area contributed by atoms with Crippen molar-refractivity contribution in [3.63, 3.8) is 0 Å². The minimum absolute atomic E-state index is 0.929. The number of thiazole rings is 1. The van der Waals surface area contributed by atoms with Gasteiger partial charge in [-0.2, -0.15) is 0 Å². The highest BCUT2D eigenvalue weighted by molar-refractivity contribution is 7.26. The maximum Gasteiger partial charge on any atom is 0.328 e. The third-order valence-corrected chi connectivity index (χ3v) is 4.68. The molecule has 2 nitrogen and oxygen atoms in total. The van der Waals surface area contributed by atoms with E-state index < -0.39 is 0 Å². The van der Waals surface area contributed by atoms with Crippen LogP contribution in [0.25, 0.3) is 34.5 Å². The lowest BCUT2D eigenvalue weighted by molar-refractivity contribution is 1.19. The average molecular weight is 315 g/mol. The maximum absolute atomic E-state index is 4.67. The van der Waals surface area contributed by atoms with Crippen molar-refractivity contribution in [3.05, 3.63) is 73.1 Å². The highest BCUT2D eigenvalue weighted by Gasteiger charge is 2.18. The van der Waals surface area contributed by atoms with E-state index in [1.165, 1.54) is 4.70 Å². The fourth-order valence-corrected chi connectivity index (χ4v) is 3.60. The number of para-hydroxylation sites is 1. The summed E-state index contributed by atoms with van der Waals surface area (Å²) in [6, 6.07) is 8.12. The Hall–Kier alpha value is -2.59. The van der Waals surface area contributed by atoms with Gasteiger partial charge in [-0.3, -0.25) is 0 Å². The van der Waals surface area contributed by atoms with Crippen LogP contribution in [0.1, 0.15) is 22.5 Å². The third-order valence-electron chi connectivity index (χ3n) is 3.71. The van der Waals surface area contributed by atoms with Crippen LogP contribution in [0.15, 0.2) is 50.6 Å². The number of nitrogens with zero attached hydrogens (tertiary/aromatic N) is 2. The van der Waals surface area contributed by atoms with Crippen molar-refractivity contribution in [1.82, 2.24) is 9.46 Å². The molecule has 3 aromatic rings. The van der Waals surface area contributed by atoms with Gasteiger partial charge in [0.15, 0.2) is 0 Å². The number of rotatable bonds is 6. The predicted molar refractivity (Wildman–Crippen MR) is 105 cm³/mol. The second kappa shape index (κ2) is 6.27. The molecule has 0 saturated heterocycles. The van der Waals surface area contributed by atoms with Gasteiger partial charge in [0.05, 0.1) is 15.1 Å². The summed E-state index contributed by atoms with van der Waals surface area (Å²) in [5.41, 5.74) is 4.93. The van der Waals surface area contributed by atoms with E-state index in [0.717, 1.165) is 32.9 Å². The standard InChI is InChI=1S/C19H16BN2S/c1-5-13-14(6-2)17(8-4)22(16(13)7-3)20-19-21-15-11-9-10-12-18(15)23-19/h5-12H,1-4H2. The van der Waals surface area contributed by atoms with Gasteiger partial charge in [0.2, 0.25) is 0 Å². The Bertz CT molecular complexity index is 860. The molecule has 2 aromatic heterocycles. The first-order valence-electron chi connectivity index (χ1n) is 7.21. The highest BCUT2D eigenvalue weighted by atomic mass is 32.1. The van der Waals surface area contributed by atoms with Crippen LogP contribution >= 0.6 is 11.3 Å². The molecule has 3 rings (SSSR count). The molecule has 1 aromatic carbocycles. The fourth-order valence-electron chi connectivity index (χ4n) is 2.71. The van der Waals surface area contributed by atoms with E-state index >= 15 is 0 Å². The molecule has 0 amide bonds. The summed E-state index contributed by atoms with van der Waals surface area (Å²) in [5.74, 6) is 0. The van der Waals surface area contributed by atoms with E-state index in [1.54, 1.807) is 11.3 Å². The molecule has 0 spiro atoms. The van der Waals surface area contributed by atoms with Crippen LogP contribution in [0.5, 0.6) is 0 Å². The van der Waals surface area contributed by atoms with Gasteiger partial charge in [-0.05, 0) is 24.3 Å². The molecular formula is C19H16BN2S. The second-order valence-electron chi connectivity index (χ2n) is 4.93. The van der Waals surface area contributed by atoms with Gasteiger partial charge in [0, 0.05) is 22.5 Å². The summed E-state index contributed by atoms with van der Waals surface area (Å²) >= 11 is 1.65. The topological polar surface area (TPSA) is 17.8 Å². The molecule has 0 aliphatic heterocycles. The molecule has 0 saturated carbocycles. The first-order chi connectivity index (χ1) is 11.2. The van der Waals surface area contributed by atoms with Crippen LogP contribution < -0.4 is 4.91 Å². The van der Waals surface area contributed by atoms with Crippen molar-refractivity contribution < 1.29 is 0 Å². The van der Waals surface area contributed by atoms with Crippen molar-refractivity contribution in [1.29, 1.82) is 0 Å². The zero-order valence-corrected chi connectivity index (χ0v) is 13.6. The molecule has 1 radical (unpaired) electrons. The lowest BCUT2D eigenvalue weighted by atomic mass is 9.94. The smallest absolute Gasteiger partial charge is 0.328 e. The molecule has 0 N–H and O–H groups in total. The zero-order valence-electron chi connectivity index (χ0n) is 12.8. The molecule has 0 aliphatic carbocycles. The van der Waals surface area contributed by atoms with Gasteiger partial charge in [0.25, 0.3) is 0 Å². The van der Waals surface area contributed by atoms with Crippen LogP contribution in [0.3, 0.4) is 0 Å². The summed E-state index contributed by atoms with van der Waals surface area (Å²) in [7, 11) is 2.01. The van der Waals surface area contributed by atoms with E-state index in [9.17, 15) is 0 Å². The Balaban J connectivity index is 2.16. The van der Waals surface area contributed by atoms with Gasteiger partial charge in [-0.1, -0.05) is 50.6 Å². The van der Waals surface area contributed by atoms with Gasteiger partial charge in [-0.25, -0.2) is 4.98 Å². The Morgan fingerprint density at radius 1 is 0.913 bits per heavy atom. The molecule has 0 bridgehead atoms. The van der Waals surface area contributed by atoms with Crippen molar-refractivity contribution >= 4 is 58.2 Å². The average Bonchev–Trinajstić information content (AvgIpc) is 3.11. The largest absolute Gasteiger partial charge is 0.382 e. The Morgan fingerprint density at radius 2 is 1.52 bits per heavy atom. The van der Waals surface area contributed by atoms with Gasteiger partial charge < -0.3 is 4.48 Å². The molecule has 0 unspecified atom stereocenters. The molecular weight excluding hydrogens is 299 g/mol. The molecule has 2 heterocycles. The molecule has 23 heavy (non-hydrogen) atoms. The number of aromatic nitrogens is 2. The Morgan fingerprint density at radius 3 is 2.04 bits per heavy atom. The zero-order chi connectivity index (χ0) is 16.4. The normalized spacial score (nSPS) is 10.4. The van der Waals surface area contributed by atoms with Gasteiger partial charge in [-0.15, -0.1) is 11.3 Å². The van der Waals surface area contributed by atoms with E-state index in [0.29, 0.717) is 0 Å². The monoisotopic (exact) mass is 315 g/mol.